The van der Waals surface area contributed by atoms with Crippen molar-refractivity contribution in [2.75, 3.05) is 12.0 Å². The van der Waals surface area contributed by atoms with Crippen LogP contribution in [0.25, 0.3) is 0 Å². The van der Waals surface area contributed by atoms with Gasteiger partial charge < -0.3 is 4.74 Å². The summed E-state index contributed by atoms with van der Waals surface area (Å²) in [6, 6.07) is 19.9. The van der Waals surface area contributed by atoms with Gasteiger partial charge in [0.15, 0.2) is 0 Å². The van der Waals surface area contributed by atoms with Gasteiger partial charge in [-0.15, -0.1) is 0 Å². The molecule has 0 spiro atoms. The molecule has 0 unspecified atom stereocenters. The van der Waals surface area contributed by atoms with Crippen molar-refractivity contribution in [3.05, 3.63) is 94.0 Å². The van der Waals surface area contributed by atoms with E-state index in [0.29, 0.717) is 17.0 Å². The van der Waals surface area contributed by atoms with E-state index in [-0.39, 0.29) is 11.8 Å². The Labute approximate surface area is 205 Å². The number of methoxy groups -OCH3 is 1. The molecule has 172 valence electrons. The normalized spacial score (nSPS) is 21.7. The molecule has 3 aromatic carbocycles. The highest BCUT2D eigenvalue weighted by molar-refractivity contribution is 9.10. The predicted molar refractivity (Wildman–Crippen MR) is 130 cm³/mol. The quantitative estimate of drug-likeness (QED) is 0.526. The molecule has 5 rings (SSSR count). The summed E-state index contributed by atoms with van der Waals surface area (Å²) >= 11 is 3.39. The van der Waals surface area contributed by atoms with Crippen LogP contribution in [0.2, 0.25) is 0 Å². The first-order valence-electron chi connectivity index (χ1n) is 10.8. The molecule has 3 aromatic rings. The number of hydrazine groups is 1. The number of halogens is 1. The lowest BCUT2D eigenvalue weighted by atomic mass is 9.90. The van der Waals surface area contributed by atoms with E-state index in [2.05, 4.69) is 21.4 Å². The lowest BCUT2D eigenvalue weighted by Gasteiger charge is -2.25. The van der Waals surface area contributed by atoms with Gasteiger partial charge in [0.05, 0.1) is 24.8 Å². The van der Waals surface area contributed by atoms with Crippen LogP contribution < -0.4 is 15.1 Å². The van der Waals surface area contributed by atoms with Crippen molar-refractivity contribution < 1.29 is 19.1 Å². The number of benzene rings is 3. The minimum absolute atomic E-state index is 0.344. The number of carbonyl (C=O) groups is 3. The molecule has 2 aliphatic rings. The number of hydrogen-bond acceptors (Lipinski definition) is 5. The van der Waals surface area contributed by atoms with Gasteiger partial charge in [-0.2, -0.15) is 0 Å². The lowest BCUT2D eigenvalue weighted by molar-refractivity contribution is -0.123. The third kappa shape index (κ3) is 3.69. The largest absolute Gasteiger partial charge is 0.497 e. The number of aryl methyl sites for hydroxylation is 1. The molecule has 0 aromatic heterocycles. The molecule has 8 heteroatoms. The fraction of sp³-hybridized carbons (Fsp3) is 0.192. The number of imide groups is 1. The number of carbonyl (C=O) groups excluding carboxylic acids is 3. The zero-order chi connectivity index (χ0) is 24.0. The zero-order valence-electron chi connectivity index (χ0n) is 18.6. The number of amides is 3. The Bertz CT molecular complexity index is 1290. The van der Waals surface area contributed by atoms with Gasteiger partial charge in [-0.3, -0.25) is 19.4 Å². The Morgan fingerprint density at radius 3 is 2.41 bits per heavy atom. The molecule has 7 nitrogen and oxygen atoms in total. The summed E-state index contributed by atoms with van der Waals surface area (Å²) in [6.07, 6.45) is 0. The topological polar surface area (TPSA) is 79.0 Å². The molecule has 2 heterocycles. The van der Waals surface area contributed by atoms with E-state index in [1.807, 2.05) is 43.3 Å². The summed E-state index contributed by atoms with van der Waals surface area (Å²) in [7, 11) is 1.57. The summed E-state index contributed by atoms with van der Waals surface area (Å²) in [5.74, 6) is -1.31. The van der Waals surface area contributed by atoms with Gasteiger partial charge in [0.2, 0.25) is 5.91 Å². The van der Waals surface area contributed by atoms with Gasteiger partial charge in [-0.05, 0) is 55.0 Å². The number of rotatable bonds is 4. The molecule has 1 N–H and O–H groups in total. The van der Waals surface area contributed by atoms with Crippen LogP contribution >= 0.6 is 15.9 Å². The molecule has 2 fully saturated rings. The van der Waals surface area contributed by atoms with E-state index >= 15 is 0 Å². The van der Waals surface area contributed by atoms with Crippen LogP contribution in [-0.4, -0.2) is 35.9 Å². The fourth-order valence-electron chi connectivity index (χ4n) is 4.60. The van der Waals surface area contributed by atoms with Gasteiger partial charge in [0.25, 0.3) is 11.8 Å². The van der Waals surface area contributed by atoms with E-state index in [1.165, 1.54) is 9.91 Å². The first-order chi connectivity index (χ1) is 16.4. The maximum absolute atomic E-state index is 13.7. The van der Waals surface area contributed by atoms with Crippen LogP contribution in [-0.2, 0) is 9.59 Å². The standard InChI is InChI=1S/C26H22BrN3O4/c1-15-9-11-19(12-10-15)29-25(32)21-22(16-5-4-8-20(14-16)34-2)28-30(23(21)26(29)33)24(31)17-6-3-7-18(27)13-17/h3-14,21-23,28H,1-2H3/t21-,22-,23+/m0/s1. The highest BCUT2D eigenvalue weighted by Gasteiger charge is 2.60. The van der Waals surface area contributed by atoms with Crippen LogP contribution in [0.4, 0.5) is 5.69 Å². The molecular formula is C26H22BrN3O4. The molecule has 3 atom stereocenters. The highest BCUT2D eigenvalue weighted by atomic mass is 79.9. The first-order valence-corrected chi connectivity index (χ1v) is 11.6. The van der Waals surface area contributed by atoms with E-state index < -0.39 is 23.9 Å². The molecule has 0 aliphatic carbocycles. The second kappa shape index (κ2) is 8.70. The summed E-state index contributed by atoms with van der Waals surface area (Å²) < 4.78 is 6.10. The maximum atomic E-state index is 13.7. The third-order valence-electron chi connectivity index (χ3n) is 6.27. The summed E-state index contributed by atoms with van der Waals surface area (Å²) in [5, 5.41) is 1.31. The van der Waals surface area contributed by atoms with E-state index in [4.69, 9.17) is 4.74 Å². The number of anilines is 1. The van der Waals surface area contributed by atoms with Crippen molar-refractivity contribution in [1.82, 2.24) is 10.4 Å². The van der Waals surface area contributed by atoms with Crippen molar-refractivity contribution in [2.45, 2.75) is 19.0 Å². The third-order valence-corrected chi connectivity index (χ3v) is 6.76. The molecular weight excluding hydrogens is 498 g/mol. The van der Waals surface area contributed by atoms with Crippen LogP contribution in [0, 0.1) is 12.8 Å². The minimum atomic E-state index is -0.975. The van der Waals surface area contributed by atoms with Crippen LogP contribution in [0.1, 0.15) is 27.5 Å². The second-order valence-corrected chi connectivity index (χ2v) is 9.30. The van der Waals surface area contributed by atoms with Crippen molar-refractivity contribution >= 4 is 39.3 Å². The smallest absolute Gasteiger partial charge is 0.268 e. The van der Waals surface area contributed by atoms with Crippen molar-refractivity contribution in [1.29, 1.82) is 0 Å². The number of nitrogens with one attached hydrogen (secondary N) is 1. The van der Waals surface area contributed by atoms with Gasteiger partial charge in [0.1, 0.15) is 11.8 Å². The average Bonchev–Trinajstić information content (AvgIpc) is 3.36. The predicted octanol–water partition coefficient (Wildman–Crippen LogP) is 4.03. The van der Waals surface area contributed by atoms with Crippen LogP contribution in [0.15, 0.2) is 77.3 Å². The summed E-state index contributed by atoms with van der Waals surface area (Å²) in [4.78, 5) is 42.0. The zero-order valence-corrected chi connectivity index (χ0v) is 20.2. The van der Waals surface area contributed by atoms with Crippen molar-refractivity contribution in [3.63, 3.8) is 0 Å². The van der Waals surface area contributed by atoms with Gasteiger partial charge in [-0.1, -0.05) is 51.8 Å². The fourth-order valence-corrected chi connectivity index (χ4v) is 4.99. The van der Waals surface area contributed by atoms with E-state index in [1.54, 1.807) is 43.5 Å². The van der Waals surface area contributed by atoms with Gasteiger partial charge in [0, 0.05) is 10.0 Å². The van der Waals surface area contributed by atoms with Crippen LogP contribution in [0.5, 0.6) is 5.75 Å². The molecule has 3 amide bonds. The van der Waals surface area contributed by atoms with Crippen molar-refractivity contribution in [2.24, 2.45) is 5.92 Å². The van der Waals surface area contributed by atoms with Crippen molar-refractivity contribution in [3.8, 4) is 5.75 Å². The highest BCUT2D eigenvalue weighted by Crippen LogP contribution is 2.42. The summed E-state index contributed by atoms with van der Waals surface area (Å²) in [5.41, 5.74) is 5.84. The molecule has 34 heavy (non-hydrogen) atoms. The van der Waals surface area contributed by atoms with E-state index in [9.17, 15) is 14.4 Å². The number of hydrogen-bond donors (Lipinski definition) is 1. The Balaban J connectivity index is 1.59. The molecule has 0 radical (unpaired) electrons. The Morgan fingerprint density at radius 2 is 1.71 bits per heavy atom. The Morgan fingerprint density at radius 1 is 0.971 bits per heavy atom. The Hall–Kier alpha value is -3.49. The molecule has 0 saturated carbocycles. The average molecular weight is 520 g/mol. The van der Waals surface area contributed by atoms with Gasteiger partial charge >= 0.3 is 0 Å². The first kappa shape index (κ1) is 22.3. The Kier molecular flexibility index (Phi) is 5.71. The van der Waals surface area contributed by atoms with E-state index in [0.717, 1.165) is 15.6 Å². The van der Waals surface area contributed by atoms with Crippen LogP contribution in [0.3, 0.4) is 0 Å². The second-order valence-electron chi connectivity index (χ2n) is 8.39. The summed E-state index contributed by atoms with van der Waals surface area (Å²) in [6.45, 7) is 1.94. The molecule has 0 bridgehead atoms. The van der Waals surface area contributed by atoms with Gasteiger partial charge in [-0.25, -0.2) is 10.3 Å². The number of nitrogens with zero attached hydrogens (tertiary/aromatic N) is 2. The monoisotopic (exact) mass is 519 g/mol. The minimum Gasteiger partial charge on any atom is -0.497 e. The molecule has 2 aliphatic heterocycles. The SMILES string of the molecule is COc1cccc([C@@H]2NN(C(=O)c3cccc(Br)c3)[C@H]3C(=O)N(c4ccc(C)cc4)C(=O)[C@@H]23)c1. The maximum Gasteiger partial charge on any atom is 0.268 e. The number of ether oxygens (including phenoxy) is 1. The number of fused-ring (bicyclic) bond motifs is 1. The molecule has 2 saturated heterocycles. The lowest BCUT2D eigenvalue weighted by Crippen LogP contribution is -2.48.